The van der Waals surface area contributed by atoms with Crippen LogP contribution in [0.2, 0.25) is 5.02 Å². The Kier molecular flexibility index (Phi) is 6.29. The first kappa shape index (κ1) is 19.5. The zero-order valence-corrected chi connectivity index (χ0v) is 16.0. The molecule has 3 rings (SSSR count). The molecule has 3 aromatic carbocycles. The van der Waals surface area contributed by atoms with Crippen LogP contribution in [0.25, 0.3) is 0 Å². The van der Waals surface area contributed by atoms with Gasteiger partial charge in [-0.3, -0.25) is 9.59 Å². The average Bonchev–Trinajstić information content (AvgIpc) is 2.68. The van der Waals surface area contributed by atoms with E-state index in [-0.39, 0.29) is 18.4 Å². The fraction of sp³-hybridized carbons (Fsp3) is 0.0909. The molecule has 0 atom stereocenters. The van der Waals surface area contributed by atoms with Crippen molar-refractivity contribution in [2.45, 2.75) is 6.92 Å². The van der Waals surface area contributed by atoms with Gasteiger partial charge in [0.1, 0.15) is 5.75 Å². The van der Waals surface area contributed by atoms with Crippen LogP contribution in [0.4, 0.5) is 11.4 Å². The Hall–Kier alpha value is -3.31. The first-order valence-electron chi connectivity index (χ1n) is 8.66. The summed E-state index contributed by atoms with van der Waals surface area (Å²) in [7, 11) is 0. The van der Waals surface area contributed by atoms with Crippen molar-refractivity contribution in [3.63, 3.8) is 0 Å². The van der Waals surface area contributed by atoms with Gasteiger partial charge in [-0.15, -0.1) is 0 Å². The minimum Gasteiger partial charge on any atom is -0.484 e. The molecular weight excluding hydrogens is 376 g/mol. The maximum atomic E-state index is 12.4. The lowest BCUT2D eigenvalue weighted by Crippen LogP contribution is -2.20. The number of ether oxygens (including phenoxy) is 1. The van der Waals surface area contributed by atoms with Crippen LogP contribution >= 0.6 is 11.6 Å². The van der Waals surface area contributed by atoms with Crippen molar-refractivity contribution in [3.05, 3.63) is 88.9 Å². The summed E-state index contributed by atoms with van der Waals surface area (Å²) in [5.41, 5.74) is 2.64. The Morgan fingerprint density at radius 3 is 2.29 bits per heavy atom. The van der Waals surface area contributed by atoms with Gasteiger partial charge in [-0.1, -0.05) is 41.4 Å². The van der Waals surface area contributed by atoms with E-state index < -0.39 is 0 Å². The van der Waals surface area contributed by atoms with E-state index in [0.717, 1.165) is 5.56 Å². The molecule has 5 nitrogen and oxygen atoms in total. The smallest absolute Gasteiger partial charge is 0.262 e. The standard InChI is InChI=1S/C22H19ClN2O3/c1-15-8-10-20(11-9-15)28-14-21(26)24-18-6-2-4-16(12-18)22(27)25-19-7-3-5-17(23)13-19/h2-13H,14H2,1H3,(H,24,26)(H,25,27). The summed E-state index contributed by atoms with van der Waals surface area (Å²) in [5, 5.41) is 6.03. The quantitative estimate of drug-likeness (QED) is 0.623. The molecule has 0 heterocycles. The van der Waals surface area contributed by atoms with Crippen LogP contribution in [0, 0.1) is 6.92 Å². The molecule has 6 heteroatoms. The molecule has 0 saturated carbocycles. The lowest BCUT2D eigenvalue weighted by molar-refractivity contribution is -0.118. The summed E-state index contributed by atoms with van der Waals surface area (Å²) in [4.78, 5) is 24.5. The molecule has 28 heavy (non-hydrogen) atoms. The Bertz CT molecular complexity index is 987. The zero-order valence-electron chi connectivity index (χ0n) is 15.2. The van der Waals surface area contributed by atoms with Gasteiger partial charge in [0.2, 0.25) is 0 Å². The van der Waals surface area contributed by atoms with Gasteiger partial charge in [0.05, 0.1) is 0 Å². The Morgan fingerprint density at radius 2 is 1.57 bits per heavy atom. The molecule has 0 aliphatic rings. The molecule has 0 fully saturated rings. The van der Waals surface area contributed by atoms with Gasteiger partial charge in [0.25, 0.3) is 11.8 Å². The normalized spacial score (nSPS) is 10.2. The van der Waals surface area contributed by atoms with E-state index in [2.05, 4.69) is 10.6 Å². The van der Waals surface area contributed by atoms with E-state index in [1.165, 1.54) is 0 Å². The second-order valence-corrected chi connectivity index (χ2v) is 6.63. The number of benzene rings is 3. The number of rotatable bonds is 6. The van der Waals surface area contributed by atoms with Crippen LogP contribution in [-0.4, -0.2) is 18.4 Å². The summed E-state index contributed by atoms with van der Waals surface area (Å²) in [6.45, 7) is 1.86. The molecule has 0 spiro atoms. The SMILES string of the molecule is Cc1ccc(OCC(=O)Nc2cccc(C(=O)Nc3cccc(Cl)c3)c2)cc1. The van der Waals surface area contributed by atoms with Gasteiger partial charge < -0.3 is 15.4 Å². The second-order valence-electron chi connectivity index (χ2n) is 6.20. The van der Waals surface area contributed by atoms with Crippen molar-refractivity contribution in [1.82, 2.24) is 0 Å². The molecule has 0 aliphatic heterocycles. The molecule has 0 bridgehead atoms. The average molecular weight is 395 g/mol. The Morgan fingerprint density at radius 1 is 0.893 bits per heavy atom. The molecule has 142 valence electrons. The fourth-order valence-corrected chi connectivity index (χ4v) is 2.68. The highest BCUT2D eigenvalue weighted by Crippen LogP contribution is 2.17. The number of hydrogen-bond acceptors (Lipinski definition) is 3. The molecule has 3 aromatic rings. The summed E-state index contributed by atoms with van der Waals surface area (Å²) in [6, 6.07) is 21.0. The summed E-state index contributed by atoms with van der Waals surface area (Å²) in [6.07, 6.45) is 0. The van der Waals surface area contributed by atoms with Gasteiger partial charge in [-0.2, -0.15) is 0 Å². The highest BCUT2D eigenvalue weighted by Gasteiger charge is 2.09. The minimum absolute atomic E-state index is 0.123. The molecule has 2 amide bonds. The number of carbonyl (C=O) groups excluding carboxylic acids is 2. The Balaban J connectivity index is 1.58. The molecule has 0 aliphatic carbocycles. The minimum atomic E-state index is -0.312. The largest absolute Gasteiger partial charge is 0.484 e. The van der Waals surface area contributed by atoms with Crippen LogP contribution in [0.1, 0.15) is 15.9 Å². The Labute approximate surface area is 168 Å². The molecular formula is C22H19ClN2O3. The molecule has 0 saturated heterocycles. The van der Waals surface area contributed by atoms with Gasteiger partial charge in [0, 0.05) is 22.0 Å². The van der Waals surface area contributed by atoms with Crippen LogP contribution in [0.5, 0.6) is 5.75 Å². The third-order valence-corrected chi connectivity index (χ3v) is 4.12. The predicted octanol–water partition coefficient (Wildman–Crippen LogP) is 4.92. The maximum Gasteiger partial charge on any atom is 0.262 e. The lowest BCUT2D eigenvalue weighted by Gasteiger charge is -2.10. The first-order chi connectivity index (χ1) is 13.5. The van der Waals surface area contributed by atoms with Crippen molar-refractivity contribution in [2.75, 3.05) is 17.2 Å². The number of nitrogens with one attached hydrogen (secondary N) is 2. The highest BCUT2D eigenvalue weighted by atomic mass is 35.5. The zero-order chi connectivity index (χ0) is 19.9. The first-order valence-corrected chi connectivity index (χ1v) is 9.04. The highest BCUT2D eigenvalue weighted by molar-refractivity contribution is 6.31. The van der Waals surface area contributed by atoms with E-state index in [1.807, 2.05) is 31.2 Å². The fourth-order valence-electron chi connectivity index (χ4n) is 2.49. The van der Waals surface area contributed by atoms with E-state index in [1.54, 1.807) is 48.5 Å². The van der Waals surface area contributed by atoms with Gasteiger partial charge >= 0.3 is 0 Å². The lowest BCUT2D eigenvalue weighted by atomic mass is 10.2. The number of hydrogen-bond donors (Lipinski definition) is 2. The monoisotopic (exact) mass is 394 g/mol. The number of aryl methyl sites for hydroxylation is 1. The van der Waals surface area contributed by atoms with Crippen LogP contribution in [-0.2, 0) is 4.79 Å². The molecule has 0 radical (unpaired) electrons. The molecule has 0 aromatic heterocycles. The van der Waals surface area contributed by atoms with Crippen LogP contribution in [0.3, 0.4) is 0 Å². The predicted molar refractivity (Wildman–Crippen MR) is 111 cm³/mol. The molecule has 2 N–H and O–H groups in total. The number of anilines is 2. The third kappa shape index (κ3) is 5.59. The van der Waals surface area contributed by atoms with Crippen LogP contribution in [0.15, 0.2) is 72.8 Å². The van der Waals surface area contributed by atoms with Crippen LogP contribution < -0.4 is 15.4 Å². The maximum absolute atomic E-state index is 12.4. The van der Waals surface area contributed by atoms with Gasteiger partial charge in [-0.05, 0) is 55.5 Å². The second kappa shape index (κ2) is 9.06. The van der Waals surface area contributed by atoms with E-state index in [0.29, 0.717) is 27.7 Å². The van der Waals surface area contributed by atoms with Crippen molar-refractivity contribution >= 4 is 34.8 Å². The van der Waals surface area contributed by atoms with Crippen molar-refractivity contribution in [3.8, 4) is 5.75 Å². The summed E-state index contributed by atoms with van der Waals surface area (Å²) >= 11 is 5.93. The third-order valence-electron chi connectivity index (χ3n) is 3.88. The topological polar surface area (TPSA) is 67.4 Å². The van der Waals surface area contributed by atoms with Gasteiger partial charge in [0.15, 0.2) is 6.61 Å². The van der Waals surface area contributed by atoms with E-state index in [4.69, 9.17) is 16.3 Å². The van der Waals surface area contributed by atoms with Crippen molar-refractivity contribution in [2.24, 2.45) is 0 Å². The number of carbonyl (C=O) groups is 2. The van der Waals surface area contributed by atoms with Crippen molar-refractivity contribution in [1.29, 1.82) is 0 Å². The summed E-state index contributed by atoms with van der Waals surface area (Å²) in [5.74, 6) is 0.0117. The van der Waals surface area contributed by atoms with Gasteiger partial charge in [-0.25, -0.2) is 0 Å². The summed E-state index contributed by atoms with van der Waals surface area (Å²) < 4.78 is 5.46. The van der Waals surface area contributed by atoms with E-state index in [9.17, 15) is 9.59 Å². The molecule has 0 unspecified atom stereocenters. The van der Waals surface area contributed by atoms with Crippen molar-refractivity contribution < 1.29 is 14.3 Å². The number of amides is 2. The number of halogens is 1. The van der Waals surface area contributed by atoms with E-state index >= 15 is 0 Å².